The number of amides is 4. The Labute approximate surface area is 174 Å². The number of rotatable bonds is 6. The van der Waals surface area contributed by atoms with Crippen LogP contribution in [0.4, 0.5) is 9.18 Å². The van der Waals surface area contributed by atoms with Gasteiger partial charge in [-0.1, -0.05) is 19.1 Å². The third-order valence-electron chi connectivity index (χ3n) is 5.80. The Kier molecular flexibility index (Phi) is 6.38. The second-order valence-electron chi connectivity index (χ2n) is 7.49. The van der Waals surface area contributed by atoms with Gasteiger partial charge in [0.05, 0.1) is 12.5 Å². The molecule has 2 saturated heterocycles. The SMILES string of the molecule is CCOC(=O)C1CCN(C(=O)CN2C(=O)N[C@@](CC)(c3ccc(F)cc3)C2=O)CC1. The van der Waals surface area contributed by atoms with Gasteiger partial charge in [-0.3, -0.25) is 19.3 Å². The first-order valence-electron chi connectivity index (χ1n) is 10.2. The predicted molar refractivity (Wildman–Crippen MR) is 105 cm³/mol. The molecule has 0 spiro atoms. The third kappa shape index (κ3) is 4.01. The van der Waals surface area contributed by atoms with E-state index in [2.05, 4.69) is 5.32 Å². The molecule has 2 fully saturated rings. The van der Waals surface area contributed by atoms with Crippen LogP contribution < -0.4 is 5.32 Å². The first-order chi connectivity index (χ1) is 14.3. The van der Waals surface area contributed by atoms with Crippen LogP contribution in [0, 0.1) is 11.7 Å². The summed E-state index contributed by atoms with van der Waals surface area (Å²) in [6.45, 7) is 4.16. The maximum atomic E-state index is 13.3. The molecule has 4 amide bonds. The highest BCUT2D eigenvalue weighted by molar-refractivity contribution is 6.09. The van der Waals surface area contributed by atoms with Crippen molar-refractivity contribution in [2.75, 3.05) is 26.2 Å². The Bertz CT molecular complexity index is 836. The highest BCUT2D eigenvalue weighted by Crippen LogP contribution is 2.32. The molecular weight excluding hydrogens is 393 g/mol. The zero-order valence-electron chi connectivity index (χ0n) is 17.2. The fraction of sp³-hybridized carbons (Fsp3) is 0.524. The summed E-state index contributed by atoms with van der Waals surface area (Å²) in [6.07, 6.45) is 1.23. The molecule has 30 heavy (non-hydrogen) atoms. The van der Waals surface area contributed by atoms with Crippen LogP contribution in [0.1, 0.15) is 38.7 Å². The molecule has 1 N–H and O–H groups in total. The molecule has 8 nitrogen and oxygen atoms in total. The molecule has 2 aliphatic heterocycles. The highest BCUT2D eigenvalue weighted by atomic mass is 19.1. The van der Waals surface area contributed by atoms with Gasteiger partial charge in [0.15, 0.2) is 0 Å². The van der Waals surface area contributed by atoms with E-state index in [1.165, 1.54) is 24.3 Å². The van der Waals surface area contributed by atoms with Crippen molar-refractivity contribution in [1.82, 2.24) is 15.1 Å². The average molecular weight is 419 g/mol. The van der Waals surface area contributed by atoms with Gasteiger partial charge in [-0.15, -0.1) is 0 Å². The number of benzene rings is 1. The maximum Gasteiger partial charge on any atom is 0.325 e. The molecule has 0 bridgehead atoms. The number of hydrogen-bond acceptors (Lipinski definition) is 5. The van der Waals surface area contributed by atoms with E-state index in [-0.39, 0.29) is 30.8 Å². The lowest BCUT2D eigenvalue weighted by atomic mass is 9.87. The average Bonchev–Trinajstić information content (AvgIpc) is 2.99. The molecule has 2 aliphatic rings. The van der Waals surface area contributed by atoms with Crippen molar-refractivity contribution in [2.45, 2.75) is 38.6 Å². The van der Waals surface area contributed by atoms with Crippen LogP contribution >= 0.6 is 0 Å². The van der Waals surface area contributed by atoms with E-state index in [9.17, 15) is 23.6 Å². The Hall–Kier alpha value is -2.97. The van der Waals surface area contributed by atoms with Gasteiger partial charge in [0, 0.05) is 13.1 Å². The largest absolute Gasteiger partial charge is 0.466 e. The molecule has 1 aromatic carbocycles. The second kappa shape index (κ2) is 8.81. The predicted octanol–water partition coefficient (Wildman–Crippen LogP) is 1.78. The molecule has 1 aromatic rings. The van der Waals surface area contributed by atoms with Crippen molar-refractivity contribution in [2.24, 2.45) is 5.92 Å². The number of nitrogens with zero attached hydrogens (tertiary/aromatic N) is 2. The van der Waals surface area contributed by atoms with Crippen LogP contribution in [0.15, 0.2) is 24.3 Å². The lowest BCUT2D eigenvalue weighted by Crippen LogP contribution is -2.47. The summed E-state index contributed by atoms with van der Waals surface area (Å²) in [7, 11) is 0. The fourth-order valence-corrected chi connectivity index (χ4v) is 4.00. The van der Waals surface area contributed by atoms with Crippen LogP contribution in [0.25, 0.3) is 0 Å². The molecule has 0 aromatic heterocycles. The number of carbonyl (C=O) groups excluding carboxylic acids is 4. The van der Waals surface area contributed by atoms with E-state index in [4.69, 9.17) is 4.74 Å². The topological polar surface area (TPSA) is 96.0 Å². The van der Waals surface area contributed by atoms with Crippen molar-refractivity contribution in [1.29, 1.82) is 0 Å². The van der Waals surface area contributed by atoms with Crippen molar-refractivity contribution in [3.63, 3.8) is 0 Å². The van der Waals surface area contributed by atoms with Crippen LogP contribution in [0.3, 0.4) is 0 Å². The number of likely N-dealkylation sites (tertiary alicyclic amines) is 1. The number of esters is 1. The zero-order chi connectivity index (χ0) is 21.9. The van der Waals surface area contributed by atoms with Gasteiger partial charge in [-0.05, 0) is 43.9 Å². The molecule has 162 valence electrons. The number of piperidine rings is 1. The summed E-state index contributed by atoms with van der Waals surface area (Å²) in [6, 6.07) is 4.73. The molecular formula is C21H26FN3O5. The van der Waals surface area contributed by atoms with Crippen LogP contribution in [-0.2, 0) is 24.7 Å². The molecule has 0 aliphatic carbocycles. The van der Waals surface area contributed by atoms with E-state index >= 15 is 0 Å². The standard InChI is InChI=1S/C21H26FN3O5/c1-3-21(15-5-7-16(22)8-6-15)19(28)25(20(29)23-21)13-17(26)24-11-9-14(10-12-24)18(27)30-4-2/h5-8,14H,3-4,9-13H2,1-2H3,(H,23,29)/t21-/m0/s1. The Morgan fingerprint density at radius 3 is 2.37 bits per heavy atom. The number of imide groups is 1. The third-order valence-corrected chi connectivity index (χ3v) is 5.80. The van der Waals surface area contributed by atoms with E-state index < -0.39 is 23.3 Å². The van der Waals surface area contributed by atoms with E-state index in [0.717, 1.165) is 4.90 Å². The van der Waals surface area contributed by atoms with Gasteiger partial charge in [0.25, 0.3) is 5.91 Å². The van der Waals surface area contributed by atoms with Crippen LogP contribution in [0.5, 0.6) is 0 Å². The Balaban J connectivity index is 1.66. The van der Waals surface area contributed by atoms with Crippen LogP contribution in [-0.4, -0.2) is 59.9 Å². The van der Waals surface area contributed by atoms with E-state index in [1.807, 2.05) is 0 Å². The van der Waals surface area contributed by atoms with Crippen molar-refractivity contribution in [3.05, 3.63) is 35.6 Å². The summed E-state index contributed by atoms with van der Waals surface area (Å²) in [4.78, 5) is 52.6. The normalized spacial score (nSPS) is 22.2. The van der Waals surface area contributed by atoms with Crippen molar-refractivity contribution < 1.29 is 28.3 Å². The van der Waals surface area contributed by atoms with Gasteiger partial charge in [0.2, 0.25) is 5.91 Å². The van der Waals surface area contributed by atoms with Gasteiger partial charge in [-0.25, -0.2) is 9.18 Å². The minimum atomic E-state index is -1.32. The fourth-order valence-electron chi connectivity index (χ4n) is 4.00. The van der Waals surface area contributed by atoms with E-state index in [0.29, 0.717) is 38.1 Å². The van der Waals surface area contributed by atoms with Crippen molar-refractivity contribution in [3.8, 4) is 0 Å². The summed E-state index contributed by atoms with van der Waals surface area (Å²) in [5, 5.41) is 2.68. The van der Waals surface area contributed by atoms with Gasteiger partial charge in [0.1, 0.15) is 17.9 Å². The number of hydrogen-bond donors (Lipinski definition) is 1. The zero-order valence-corrected chi connectivity index (χ0v) is 17.2. The number of halogens is 1. The lowest BCUT2D eigenvalue weighted by Gasteiger charge is -2.32. The summed E-state index contributed by atoms with van der Waals surface area (Å²) >= 11 is 0. The van der Waals surface area contributed by atoms with Gasteiger partial charge in [-0.2, -0.15) is 0 Å². The second-order valence-corrected chi connectivity index (χ2v) is 7.49. The minimum Gasteiger partial charge on any atom is -0.466 e. The quantitative estimate of drug-likeness (QED) is 0.560. The summed E-state index contributed by atoms with van der Waals surface area (Å²) < 4.78 is 18.3. The Morgan fingerprint density at radius 1 is 1.17 bits per heavy atom. The molecule has 3 rings (SSSR count). The van der Waals surface area contributed by atoms with Gasteiger partial charge < -0.3 is 15.0 Å². The summed E-state index contributed by atoms with van der Waals surface area (Å²) in [5.41, 5.74) is -0.850. The van der Waals surface area contributed by atoms with Crippen molar-refractivity contribution >= 4 is 23.8 Å². The minimum absolute atomic E-state index is 0.239. The van der Waals surface area contributed by atoms with Crippen LogP contribution in [0.2, 0.25) is 0 Å². The van der Waals surface area contributed by atoms with Gasteiger partial charge >= 0.3 is 12.0 Å². The molecule has 9 heteroatoms. The smallest absolute Gasteiger partial charge is 0.325 e. The first kappa shape index (κ1) is 21.7. The molecule has 0 unspecified atom stereocenters. The number of urea groups is 1. The number of ether oxygens (including phenoxy) is 1. The molecule has 0 saturated carbocycles. The monoisotopic (exact) mass is 419 g/mol. The molecule has 0 radical (unpaired) electrons. The highest BCUT2D eigenvalue weighted by Gasteiger charge is 2.51. The van der Waals surface area contributed by atoms with E-state index in [1.54, 1.807) is 18.7 Å². The number of nitrogens with one attached hydrogen (secondary N) is 1. The molecule has 2 heterocycles. The molecule has 1 atom stereocenters. The lowest BCUT2D eigenvalue weighted by molar-refractivity contribution is -0.151. The number of carbonyl (C=O) groups is 4. The first-order valence-corrected chi connectivity index (χ1v) is 10.2. The maximum absolute atomic E-state index is 13.3. The Morgan fingerprint density at radius 2 is 1.80 bits per heavy atom. The summed E-state index contributed by atoms with van der Waals surface area (Å²) in [5.74, 6) is -1.83.